The lowest BCUT2D eigenvalue weighted by Crippen LogP contribution is -2.40. The van der Waals surface area contributed by atoms with E-state index in [0.717, 1.165) is 19.4 Å². The Balaban J connectivity index is 2.50. The number of carbonyl (C=O) groups excluding carboxylic acids is 2. The number of ether oxygens (including phenoxy) is 1. The average Bonchev–Trinajstić information content (AvgIpc) is 2.62. The van der Waals surface area contributed by atoms with Crippen LogP contribution in [0.3, 0.4) is 0 Å². The van der Waals surface area contributed by atoms with Gasteiger partial charge in [-0.2, -0.15) is 0 Å². The number of nitrogens with zero attached hydrogens (tertiary/aromatic N) is 2. The third kappa shape index (κ3) is 6.36. The van der Waals surface area contributed by atoms with Crippen LogP contribution in [0.15, 0.2) is 0 Å². The molecule has 21 heavy (non-hydrogen) atoms. The molecule has 0 aromatic carbocycles. The van der Waals surface area contributed by atoms with Gasteiger partial charge in [-0.3, -0.25) is 4.79 Å². The molecule has 0 bridgehead atoms. The van der Waals surface area contributed by atoms with Crippen LogP contribution >= 0.6 is 0 Å². The summed E-state index contributed by atoms with van der Waals surface area (Å²) in [6.07, 6.45) is 2.15. The van der Waals surface area contributed by atoms with Gasteiger partial charge in [-0.1, -0.05) is 20.3 Å². The lowest BCUT2D eigenvalue weighted by atomic mass is 10.0. The molecule has 0 aromatic rings. The van der Waals surface area contributed by atoms with Crippen LogP contribution in [-0.4, -0.2) is 53.6 Å². The highest BCUT2D eigenvalue weighted by Gasteiger charge is 2.26. The number of amides is 2. The number of hydrogen-bond acceptors (Lipinski definition) is 3. The molecule has 0 aliphatic carbocycles. The molecule has 1 aliphatic heterocycles. The zero-order chi connectivity index (χ0) is 16.0. The molecule has 1 saturated heterocycles. The number of rotatable bonds is 3. The Morgan fingerprint density at radius 3 is 2.24 bits per heavy atom. The minimum Gasteiger partial charge on any atom is -0.444 e. The van der Waals surface area contributed by atoms with Crippen LogP contribution in [0.2, 0.25) is 0 Å². The second-order valence-corrected chi connectivity index (χ2v) is 6.92. The Kier molecular flexibility index (Phi) is 6.49. The zero-order valence-electron chi connectivity index (χ0n) is 14.1. The van der Waals surface area contributed by atoms with Gasteiger partial charge in [-0.05, 0) is 33.1 Å². The summed E-state index contributed by atoms with van der Waals surface area (Å²) in [5.74, 6) is 0.623. The van der Waals surface area contributed by atoms with E-state index in [-0.39, 0.29) is 12.0 Å². The van der Waals surface area contributed by atoms with E-state index >= 15 is 0 Å². The van der Waals surface area contributed by atoms with Crippen molar-refractivity contribution in [2.75, 3.05) is 26.2 Å². The zero-order valence-corrected chi connectivity index (χ0v) is 14.1. The molecule has 122 valence electrons. The summed E-state index contributed by atoms with van der Waals surface area (Å²) < 4.78 is 5.39. The van der Waals surface area contributed by atoms with Crippen LogP contribution in [0.25, 0.3) is 0 Å². The maximum Gasteiger partial charge on any atom is 0.410 e. The maximum absolute atomic E-state index is 12.2. The van der Waals surface area contributed by atoms with Crippen molar-refractivity contribution in [1.82, 2.24) is 9.80 Å². The average molecular weight is 298 g/mol. The lowest BCUT2D eigenvalue weighted by molar-refractivity contribution is -0.132. The Morgan fingerprint density at radius 1 is 1.10 bits per heavy atom. The largest absolute Gasteiger partial charge is 0.444 e. The summed E-state index contributed by atoms with van der Waals surface area (Å²) >= 11 is 0. The van der Waals surface area contributed by atoms with E-state index in [0.29, 0.717) is 32.0 Å². The normalized spacial score (nSPS) is 18.1. The minimum absolute atomic E-state index is 0.204. The molecule has 0 radical (unpaired) electrons. The van der Waals surface area contributed by atoms with Crippen molar-refractivity contribution in [2.45, 2.75) is 59.5 Å². The fraction of sp³-hybridized carbons (Fsp3) is 0.875. The van der Waals surface area contributed by atoms with Gasteiger partial charge in [0.2, 0.25) is 5.91 Å². The van der Waals surface area contributed by atoms with Gasteiger partial charge in [-0.25, -0.2) is 4.79 Å². The van der Waals surface area contributed by atoms with Crippen LogP contribution in [-0.2, 0) is 9.53 Å². The SMILES string of the molecule is CC[C@H](C)CC(=O)N1CCCN(C(=O)OC(C)(C)C)CC1. The summed E-state index contributed by atoms with van der Waals surface area (Å²) in [6.45, 7) is 12.3. The van der Waals surface area contributed by atoms with Gasteiger partial charge in [0.25, 0.3) is 0 Å². The van der Waals surface area contributed by atoms with E-state index in [1.165, 1.54) is 0 Å². The number of hydrogen-bond donors (Lipinski definition) is 0. The second-order valence-electron chi connectivity index (χ2n) is 6.92. The van der Waals surface area contributed by atoms with Gasteiger partial charge in [0.05, 0.1) is 0 Å². The highest BCUT2D eigenvalue weighted by molar-refractivity contribution is 5.76. The van der Waals surface area contributed by atoms with Gasteiger partial charge in [0.15, 0.2) is 0 Å². The van der Waals surface area contributed by atoms with Crippen molar-refractivity contribution in [1.29, 1.82) is 0 Å². The first-order chi connectivity index (χ1) is 9.73. The summed E-state index contributed by atoms with van der Waals surface area (Å²) in [4.78, 5) is 27.9. The predicted octanol–water partition coefficient (Wildman–Crippen LogP) is 2.89. The summed E-state index contributed by atoms with van der Waals surface area (Å²) in [7, 11) is 0. The molecule has 5 nitrogen and oxygen atoms in total. The molecule has 0 unspecified atom stereocenters. The van der Waals surface area contributed by atoms with Crippen molar-refractivity contribution in [2.24, 2.45) is 5.92 Å². The molecule has 5 heteroatoms. The van der Waals surface area contributed by atoms with Gasteiger partial charge in [0, 0.05) is 32.6 Å². The van der Waals surface area contributed by atoms with Crippen molar-refractivity contribution in [3.63, 3.8) is 0 Å². The molecule has 0 spiro atoms. The van der Waals surface area contributed by atoms with E-state index in [9.17, 15) is 9.59 Å². The predicted molar refractivity (Wildman–Crippen MR) is 83.1 cm³/mol. The van der Waals surface area contributed by atoms with Crippen molar-refractivity contribution in [3.8, 4) is 0 Å². The summed E-state index contributed by atoms with van der Waals surface area (Å²) in [5.41, 5.74) is -0.477. The van der Waals surface area contributed by atoms with E-state index in [1.807, 2.05) is 25.7 Å². The number of carbonyl (C=O) groups is 2. The van der Waals surface area contributed by atoms with Crippen molar-refractivity contribution < 1.29 is 14.3 Å². The van der Waals surface area contributed by atoms with Gasteiger partial charge in [-0.15, -0.1) is 0 Å². The first-order valence-corrected chi connectivity index (χ1v) is 7.98. The molecule has 0 saturated carbocycles. The lowest BCUT2D eigenvalue weighted by Gasteiger charge is -2.26. The molecule has 1 aliphatic rings. The van der Waals surface area contributed by atoms with Crippen molar-refractivity contribution >= 4 is 12.0 Å². The van der Waals surface area contributed by atoms with Gasteiger partial charge >= 0.3 is 6.09 Å². The maximum atomic E-state index is 12.2. The van der Waals surface area contributed by atoms with E-state index in [4.69, 9.17) is 4.74 Å². The van der Waals surface area contributed by atoms with Crippen LogP contribution in [0.1, 0.15) is 53.9 Å². The highest BCUT2D eigenvalue weighted by atomic mass is 16.6. The fourth-order valence-corrected chi connectivity index (χ4v) is 2.25. The van der Waals surface area contributed by atoms with E-state index in [2.05, 4.69) is 13.8 Å². The molecule has 1 heterocycles. The van der Waals surface area contributed by atoms with Crippen LogP contribution < -0.4 is 0 Å². The molecule has 0 N–H and O–H groups in total. The topological polar surface area (TPSA) is 49.9 Å². The Hall–Kier alpha value is -1.26. The van der Waals surface area contributed by atoms with Crippen molar-refractivity contribution in [3.05, 3.63) is 0 Å². The monoisotopic (exact) mass is 298 g/mol. The smallest absolute Gasteiger partial charge is 0.410 e. The van der Waals surface area contributed by atoms with Crippen LogP contribution in [0.5, 0.6) is 0 Å². The van der Waals surface area contributed by atoms with Gasteiger partial charge < -0.3 is 14.5 Å². The van der Waals surface area contributed by atoms with Gasteiger partial charge in [0.1, 0.15) is 5.60 Å². The molecule has 1 fully saturated rings. The Labute approximate surface area is 128 Å². The molecule has 2 amide bonds. The van der Waals surface area contributed by atoms with Crippen LogP contribution in [0.4, 0.5) is 4.79 Å². The molecule has 1 rings (SSSR count). The standard InChI is InChI=1S/C16H30N2O3/c1-6-13(2)12-14(19)17-8-7-9-18(11-10-17)15(20)21-16(3,4)5/h13H,6-12H2,1-5H3/t13-/m0/s1. The summed E-state index contributed by atoms with van der Waals surface area (Å²) in [6, 6.07) is 0. The molecule has 0 aromatic heterocycles. The minimum atomic E-state index is -0.477. The van der Waals surface area contributed by atoms with E-state index in [1.54, 1.807) is 4.90 Å². The highest BCUT2D eigenvalue weighted by Crippen LogP contribution is 2.14. The third-order valence-corrected chi connectivity index (χ3v) is 3.72. The molecular weight excluding hydrogens is 268 g/mol. The van der Waals surface area contributed by atoms with E-state index < -0.39 is 5.60 Å². The second kappa shape index (κ2) is 7.66. The first kappa shape index (κ1) is 17.8. The third-order valence-electron chi connectivity index (χ3n) is 3.72. The Morgan fingerprint density at radius 2 is 1.67 bits per heavy atom. The van der Waals surface area contributed by atoms with Crippen LogP contribution in [0, 0.1) is 5.92 Å². The quantitative estimate of drug-likeness (QED) is 0.805. The molecular formula is C16H30N2O3. The summed E-state index contributed by atoms with van der Waals surface area (Å²) in [5, 5.41) is 0. The molecule has 1 atom stereocenters. The first-order valence-electron chi connectivity index (χ1n) is 7.98. The fourth-order valence-electron chi connectivity index (χ4n) is 2.25. The Bertz CT molecular complexity index is 363.